The van der Waals surface area contributed by atoms with Gasteiger partial charge < -0.3 is 19.5 Å². The fourth-order valence-corrected chi connectivity index (χ4v) is 3.48. The van der Waals surface area contributed by atoms with E-state index in [-0.39, 0.29) is 11.8 Å². The van der Waals surface area contributed by atoms with Gasteiger partial charge in [-0.1, -0.05) is 30.3 Å². The van der Waals surface area contributed by atoms with Crippen molar-refractivity contribution < 1.29 is 13.9 Å². The fourth-order valence-electron chi connectivity index (χ4n) is 3.48. The molecule has 2 heterocycles. The van der Waals surface area contributed by atoms with Crippen molar-refractivity contribution in [3.63, 3.8) is 0 Å². The van der Waals surface area contributed by atoms with Crippen LogP contribution in [0.4, 0.5) is 0 Å². The summed E-state index contributed by atoms with van der Waals surface area (Å²) in [6.45, 7) is 0.384. The molecule has 5 heteroatoms. The molecule has 2 aromatic heterocycles. The van der Waals surface area contributed by atoms with Gasteiger partial charge in [-0.3, -0.25) is 4.79 Å². The molecule has 28 heavy (non-hydrogen) atoms. The lowest BCUT2D eigenvalue weighted by Gasteiger charge is -2.17. The molecule has 0 aliphatic carbocycles. The van der Waals surface area contributed by atoms with E-state index < -0.39 is 0 Å². The van der Waals surface area contributed by atoms with Crippen LogP contribution in [0.2, 0.25) is 0 Å². The van der Waals surface area contributed by atoms with Gasteiger partial charge in [0.2, 0.25) is 5.91 Å². The Kier molecular flexibility index (Phi) is 5.15. The lowest BCUT2D eigenvalue weighted by atomic mass is 9.88. The molecule has 2 aromatic carbocycles. The van der Waals surface area contributed by atoms with Crippen LogP contribution in [0.5, 0.6) is 5.75 Å². The Morgan fingerprint density at radius 1 is 1.11 bits per heavy atom. The maximum Gasteiger partial charge on any atom is 0.221 e. The molecular weight excluding hydrogens is 352 g/mol. The highest BCUT2D eigenvalue weighted by Crippen LogP contribution is 2.34. The molecule has 4 rings (SSSR count). The maximum absolute atomic E-state index is 12.7. The van der Waals surface area contributed by atoms with Gasteiger partial charge in [-0.15, -0.1) is 0 Å². The van der Waals surface area contributed by atoms with Gasteiger partial charge in [-0.25, -0.2) is 0 Å². The molecule has 0 saturated carbocycles. The summed E-state index contributed by atoms with van der Waals surface area (Å²) in [6, 6.07) is 19.7. The monoisotopic (exact) mass is 374 g/mol. The molecule has 4 aromatic rings. The van der Waals surface area contributed by atoms with E-state index in [0.717, 1.165) is 33.5 Å². The van der Waals surface area contributed by atoms with Gasteiger partial charge in [-0.05, 0) is 41.5 Å². The fraction of sp³-hybridized carbons (Fsp3) is 0.174. The average Bonchev–Trinajstić information content (AvgIpc) is 3.40. The first-order valence-electron chi connectivity index (χ1n) is 9.23. The standard InChI is InChI=1S/C23H22N2O3/c1-27-17-10-8-16(9-11-17)20(13-23(26)25-14-18-5-4-12-28-18)21-15-24-22-7-3-2-6-19(21)22/h2-12,15,20,24H,13-14H2,1H3,(H,25,26)/t20-/m1/s1. The molecule has 0 bridgehead atoms. The number of nitrogens with one attached hydrogen (secondary N) is 2. The smallest absolute Gasteiger partial charge is 0.221 e. The number of furan rings is 1. The Labute approximate surface area is 163 Å². The number of hydrogen-bond acceptors (Lipinski definition) is 3. The van der Waals surface area contributed by atoms with Crippen LogP contribution in [0.1, 0.15) is 29.2 Å². The van der Waals surface area contributed by atoms with Crippen molar-refractivity contribution in [1.82, 2.24) is 10.3 Å². The highest BCUT2D eigenvalue weighted by atomic mass is 16.5. The molecule has 0 aliphatic rings. The molecule has 0 radical (unpaired) electrons. The Hall–Kier alpha value is -3.47. The summed E-state index contributed by atoms with van der Waals surface area (Å²) in [5, 5.41) is 4.08. The number of aromatic nitrogens is 1. The summed E-state index contributed by atoms with van der Waals surface area (Å²) in [5.41, 5.74) is 3.24. The number of ether oxygens (including phenoxy) is 1. The van der Waals surface area contributed by atoms with E-state index in [9.17, 15) is 4.79 Å². The maximum atomic E-state index is 12.7. The van der Waals surface area contributed by atoms with Crippen LogP contribution in [-0.2, 0) is 11.3 Å². The molecule has 5 nitrogen and oxygen atoms in total. The van der Waals surface area contributed by atoms with Gasteiger partial charge >= 0.3 is 0 Å². The molecule has 142 valence electrons. The van der Waals surface area contributed by atoms with Gasteiger partial charge in [0.1, 0.15) is 11.5 Å². The number of carbonyl (C=O) groups excluding carboxylic acids is 1. The zero-order valence-electron chi connectivity index (χ0n) is 15.6. The Balaban J connectivity index is 1.61. The van der Waals surface area contributed by atoms with Crippen molar-refractivity contribution in [2.75, 3.05) is 7.11 Å². The SMILES string of the molecule is COc1ccc([C@@H](CC(=O)NCc2ccco2)c2c[nH]c3ccccc23)cc1. The normalized spacial score (nSPS) is 12.0. The Morgan fingerprint density at radius 3 is 2.68 bits per heavy atom. The molecule has 1 atom stereocenters. The summed E-state index contributed by atoms with van der Waals surface area (Å²) in [5.74, 6) is 1.44. The summed E-state index contributed by atoms with van der Waals surface area (Å²) >= 11 is 0. The molecule has 1 amide bonds. The van der Waals surface area contributed by atoms with E-state index in [1.165, 1.54) is 0 Å². The number of para-hydroxylation sites is 1. The van der Waals surface area contributed by atoms with Gasteiger partial charge in [0.05, 0.1) is 19.9 Å². The third-order valence-corrected chi connectivity index (χ3v) is 4.94. The highest BCUT2D eigenvalue weighted by molar-refractivity contribution is 5.86. The number of hydrogen-bond donors (Lipinski definition) is 2. The van der Waals surface area contributed by atoms with Gasteiger partial charge in [-0.2, -0.15) is 0 Å². The van der Waals surface area contributed by atoms with Crippen LogP contribution in [0, 0.1) is 0 Å². The lowest BCUT2D eigenvalue weighted by Crippen LogP contribution is -2.24. The number of fused-ring (bicyclic) bond motifs is 1. The third kappa shape index (κ3) is 3.78. The van der Waals surface area contributed by atoms with Crippen molar-refractivity contribution in [3.8, 4) is 5.75 Å². The molecule has 0 spiro atoms. The van der Waals surface area contributed by atoms with Crippen LogP contribution in [0.3, 0.4) is 0 Å². The quantitative estimate of drug-likeness (QED) is 0.496. The molecule has 0 unspecified atom stereocenters. The van der Waals surface area contributed by atoms with Crippen molar-refractivity contribution in [2.24, 2.45) is 0 Å². The summed E-state index contributed by atoms with van der Waals surface area (Å²) in [6.07, 6.45) is 3.95. The van der Waals surface area contributed by atoms with Crippen molar-refractivity contribution in [1.29, 1.82) is 0 Å². The Bertz CT molecular complexity index is 1050. The zero-order valence-corrected chi connectivity index (χ0v) is 15.6. The average molecular weight is 374 g/mol. The first kappa shape index (κ1) is 17.9. The van der Waals surface area contributed by atoms with Crippen LogP contribution in [-0.4, -0.2) is 18.0 Å². The van der Waals surface area contributed by atoms with Crippen molar-refractivity contribution >= 4 is 16.8 Å². The lowest BCUT2D eigenvalue weighted by molar-refractivity contribution is -0.121. The van der Waals surface area contributed by atoms with Crippen molar-refractivity contribution in [2.45, 2.75) is 18.9 Å². The number of rotatable bonds is 7. The van der Waals surface area contributed by atoms with Gasteiger partial charge in [0, 0.05) is 29.4 Å². The van der Waals surface area contributed by atoms with Crippen LogP contribution in [0.15, 0.2) is 77.5 Å². The number of aromatic amines is 1. The number of benzene rings is 2. The van der Waals surface area contributed by atoms with E-state index >= 15 is 0 Å². The first-order chi connectivity index (χ1) is 13.7. The van der Waals surface area contributed by atoms with E-state index in [0.29, 0.717) is 13.0 Å². The second-order valence-corrected chi connectivity index (χ2v) is 6.68. The number of amides is 1. The van der Waals surface area contributed by atoms with E-state index in [4.69, 9.17) is 9.15 Å². The predicted molar refractivity (Wildman–Crippen MR) is 108 cm³/mol. The van der Waals surface area contributed by atoms with E-state index in [1.807, 2.05) is 60.8 Å². The second-order valence-electron chi connectivity index (χ2n) is 6.68. The summed E-state index contributed by atoms with van der Waals surface area (Å²) in [7, 11) is 1.65. The predicted octanol–water partition coefficient (Wildman–Crippen LogP) is 4.61. The molecule has 0 fully saturated rings. The molecule has 0 aliphatic heterocycles. The van der Waals surface area contributed by atoms with Crippen molar-refractivity contribution in [3.05, 3.63) is 90.0 Å². The Morgan fingerprint density at radius 2 is 1.93 bits per heavy atom. The van der Waals surface area contributed by atoms with Gasteiger partial charge in [0.25, 0.3) is 0 Å². The molecular formula is C23H22N2O3. The number of methoxy groups -OCH3 is 1. The van der Waals surface area contributed by atoms with Crippen LogP contribution >= 0.6 is 0 Å². The minimum absolute atomic E-state index is 0.0255. The highest BCUT2D eigenvalue weighted by Gasteiger charge is 2.21. The van der Waals surface area contributed by atoms with Crippen LogP contribution < -0.4 is 10.1 Å². The minimum atomic E-state index is -0.0707. The zero-order chi connectivity index (χ0) is 19.3. The molecule has 2 N–H and O–H groups in total. The van der Waals surface area contributed by atoms with Gasteiger partial charge in [0.15, 0.2) is 0 Å². The van der Waals surface area contributed by atoms with E-state index in [1.54, 1.807) is 13.4 Å². The molecule has 0 saturated heterocycles. The third-order valence-electron chi connectivity index (χ3n) is 4.94. The first-order valence-corrected chi connectivity index (χ1v) is 9.23. The minimum Gasteiger partial charge on any atom is -0.497 e. The van der Waals surface area contributed by atoms with E-state index in [2.05, 4.69) is 16.4 Å². The topological polar surface area (TPSA) is 67.3 Å². The number of H-pyrrole nitrogens is 1. The summed E-state index contributed by atoms with van der Waals surface area (Å²) < 4.78 is 10.6. The largest absolute Gasteiger partial charge is 0.497 e. The summed E-state index contributed by atoms with van der Waals surface area (Å²) in [4.78, 5) is 16.0. The van der Waals surface area contributed by atoms with Crippen LogP contribution in [0.25, 0.3) is 10.9 Å². The second kappa shape index (κ2) is 8.05. The number of carbonyl (C=O) groups is 1.